The van der Waals surface area contributed by atoms with Gasteiger partial charge in [-0.2, -0.15) is 10.2 Å². The van der Waals surface area contributed by atoms with E-state index in [2.05, 4.69) is 20.6 Å². The number of rotatable bonds is 3. The highest BCUT2D eigenvalue weighted by Crippen LogP contribution is 2.41. The fourth-order valence-electron chi connectivity index (χ4n) is 3.49. The van der Waals surface area contributed by atoms with Gasteiger partial charge in [0, 0.05) is 37.7 Å². The van der Waals surface area contributed by atoms with E-state index < -0.39 is 0 Å². The van der Waals surface area contributed by atoms with E-state index in [9.17, 15) is 9.59 Å². The van der Waals surface area contributed by atoms with Gasteiger partial charge in [-0.15, -0.1) is 0 Å². The van der Waals surface area contributed by atoms with Crippen molar-refractivity contribution in [3.05, 3.63) is 33.3 Å². The van der Waals surface area contributed by atoms with E-state index in [4.69, 9.17) is 0 Å². The minimum absolute atomic E-state index is 0.0465. The molecule has 0 saturated heterocycles. The molecular weight excluding hydrogens is 308 g/mol. The smallest absolute Gasteiger partial charge is 0.345 e. The zero-order valence-corrected chi connectivity index (χ0v) is 14.0. The molecule has 8 heteroatoms. The molecule has 4 rings (SSSR count). The Morgan fingerprint density at radius 3 is 2.83 bits per heavy atom. The Morgan fingerprint density at radius 2 is 2.08 bits per heavy atom. The van der Waals surface area contributed by atoms with Crippen molar-refractivity contribution in [2.24, 2.45) is 7.05 Å². The van der Waals surface area contributed by atoms with Gasteiger partial charge >= 0.3 is 5.69 Å². The van der Waals surface area contributed by atoms with Gasteiger partial charge in [0.1, 0.15) is 5.82 Å². The number of carbonyl (C=O) groups excluding carboxylic acids is 1. The lowest BCUT2D eigenvalue weighted by Crippen LogP contribution is -2.36. The summed E-state index contributed by atoms with van der Waals surface area (Å²) in [6.45, 7) is 2.48. The summed E-state index contributed by atoms with van der Waals surface area (Å²) >= 11 is 0. The van der Waals surface area contributed by atoms with Gasteiger partial charge in [0.05, 0.1) is 11.3 Å². The van der Waals surface area contributed by atoms with Gasteiger partial charge in [-0.3, -0.25) is 14.5 Å². The van der Waals surface area contributed by atoms with Crippen LogP contribution in [0.2, 0.25) is 0 Å². The highest BCUT2D eigenvalue weighted by Gasteiger charge is 2.32. The topological polar surface area (TPSA) is 97.6 Å². The third kappa shape index (κ3) is 2.55. The largest absolute Gasteiger partial charge is 0.349 e. The lowest BCUT2D eigenvalue weighted by atomic mass is 10.1. The van der Waals surface area contributed by atoms with Crippen LogP contribution < -0.4 is 11.0 Å². The summed E-state index contributed by atoms with van der Waals surface area (Å²) in [6, 6.07) is 0.0465. The average molecular weight is 330 g/mol. The van der Waals surface area contributed by atoms with Crippen LogP contribution in [0.4, 0.5) is 0 Å². The number of hydrogen-bond acceptors (Lipinski definition) is 4. The minimum Gasteiger partial charge on any atom is -0.349 e. The van der Waals surface area contributed by atoms with Crippen molar-refractivity contribution in [1.82, 2.24) is 29.9 Å². The maximum absolute atomic E-state index is 12.7. The molecule has 1 aliphatic carbocycles. The van der Waals surface area contributed by atoms with E-state index in [1.165, 1.54) is 4.68 Å². The Bertz CT molecular complexity index is 841. The van der Waals surface area contributed by atoms with E-state index in [0.29, 0.717) is 24.4 Å². The molecule has 1 atom stereocenters. The van der Waals surface area contributed by atoms with Gasteiger partial charge in [-0.05, 0) is 32.6 Å². The quantitative estimate of drug-likeness (QED) is 0.862. The van der Waals surface area contributed by atoms with Gasteiger partial charge in [-0.25, -0.2) is 9.48 Å². The molecule has 2 aromatic rings. The third-order valence-corrected chi connectivity index (χ3v) is 5.00. The fraction of sp³-hybridized carbons (Fsp3) is 0.625. The van der Waals surface area contributed by atoms with E-state index in [1.54, 1.807) is 11.6 Å². The molecular formula is C16H22N6O2. The maximum atomic E-state index is 12.7. The van der Waals surface area contributed by atoms with Crippen molar-refractivity contribution in [1.29, 1.82) is 0 Å². The number of hydrogen-bond donors (Lipinski definition) is 2. The number of H-pyrrole nitrogens is 1. The third-order valence-electron chi connectivity index (χ3n) is 5.00. The van der Waals surface area contributed by atoms with Gasteiger partial charge < -0.3 is 5.32 Å². The van der Waals surface area contributed by atoms with Crippen molar-refractivity contribution in [3.8, 4) is 0 Å². The molecule has 2 aromatic heterocycles. The van der Waals surface area contributed by atoms with Crippen molar-refractivity contribution in [2.75, 3.05) is 0 Å². The zero-order valence-electron chi connectivity index (χ0n) is 14.0. The summed E-state index contributed by atoms with van der Waals surface area (Å²) in [5.41, 5.74) is 2.35. The van der Waals surface area contributed by atoms with E-state index in [-0.39, 0.29) is 17.6 Å². The molecule has 1 amide bonds. The summed E-state index contributed by atoms with van der Waals surface area (Å²) in [5, 5.41) is 14.7. The van der Waals surface area contributed by atoms with Crippen LogP contribution in [0.15, 0.2) is 4.79 Å². The van der Waals surface area contributed by atoms with Crippen LogP contribution >= 0.6 is 0 Å². The lowest BCUT2D eigenvalue weighted by molar-refractivity contribution is 0.0931. The van der Waals surface area contributed by atoms with Crippen molar-refractivity contribution < 1.29 is 4.79 Å². The number of fused-ring (bicyclic) bond motifs is 1. The van der Waals surface area contributed by atoms with Crippen molar-refractivity contribution in [2.45, 2.75) is 57.5 Å². The minimum atomic E-state index is -0.0846. The standard InChI is InChI=1S/C16H22N6O2/c1-9-13(14(19-18-9)10-3-4-10)15(23)17-11-5-6-12-20-21(2)16(24)22(12)8-7-11/h10-11H,3-8H2,1-2H3,(H,17,23)(H,18,19). The second-order valence-corrected chi connectivity index (χ2v) is 6.85. The number of nitrogens with zero attached hydrogens (tertiary/aromatic N) is 4. The van der Waals surface area contributed by atoms with Crippen LogP contribution in [0.3, 0.4) is 0 Å². The highest BCUT2D eigenvalue weighted by atomic mass is 16.2. The van der Waals surface area contributed by atoms with Crippen molar-refractivity contribution >= 4 is 5.91 Å². The molecule has 1 fully saturated rings. The average Bonchev–Trinajstić information content (AvgIpc) is 3.30. The highest BCUT2D eigenvalue weighted by molar-refractivity contribution is 5.96. The zero-order chi connectivity index (χ0) is 16.8. The first-order chi connectivity index (χ1) is 11.5. The molecule has 0 aromatic carbocycles. The summed E-state index contributed by atoms with van der Waals surface area (Å²) < 4.78 is 3.09. The first kappa shape index (κ1) is 15.2. The molecule has 1 unspecified atom stereocenters. The molecule has 0 radical (unpaired) electrons. The van der Waals surface area contributed by atoms with Gasteiger partial charge in [0.25, 0.3) is 5.91 Å². The van der Waals surface area contributed by atoms with Crippen molar-refractivity contribution in [3.63, 3.8) is 0 Å². The van der Waals surface area contributed by atoms with Gasteiger partial charge in [-0.1, -0.05) is 0 Å². The molecule has 24 heavy (non-hydrogen) atoms. The maximum Gasteiger partial charge on any atom is 0.345 e. The molecule has 128 valence electrons. The normalized spacial score (nSPS) is 20.5. The molecule has 2 N–H and O–H groups in total. The Hall–Kier alpha value is -2.38. The van der Waals surface area contributed by atoms with E-state index in [1.807, 2.05) is 6.92 Å². The second-order valence-electron chi connectivity index (χ2n) is 6.85. The molecule has 1 aliphatic heterocycles. The van der Waals surface area contributed by atoms with Crippen LogP contribution in [-0.4, -0.2) is 36.5 Å². The van der Waals surface area contributed by atoms with Crippen LogP contribution in [0.5, 0.6) is 0 Å². The summed E-state index contributed by atoms with van der Waals surface area (Å²) in [4.78, 5) is 24.7. The van der Waals surface area contributed by atoms with Crippen LogP contribution in [0.1, 0.15) is 59.2 Å². The molecule has 8 nitrogen and oxygen atoms in total. The SMILES string of the molecule is Cc1[nH]nc(C2CC2)c1C(=O)NC1CCc2nn(C)c(=O)n2CC1. The number of aromatic nitrogens is 5. The van der Waals surface area contributed by atoms with E-state index >= 15 is 0 Å². The molecule has 3 heterocycles. The van der Waals surface area contributed by atoms with Crippen LogP contribution in [-0.2, 0) is 20.0 Å². The summed E-state index contributed by atoms with van der Waals surface area (Å²) in [7, 11) is 1.67. The van der Waals surface area contributed by atoms with Crippen LogP contribution in [0.25, 0.3) is 0 Å². The summed E-state index contributed by atoms with van der Waals surface area (Å²) in [5.74, 6) is 1.18. The molecule has 0 bridgehead atoms. The van der Waals surface area contributed by atoms with Gasteiger partial charge in [0.15, 0.2) is 0 Å². The monoisotopic (exact) mass is 330 g/mol. The Labute approximate surface area is 139 Å². The lowest BCUT2D eigenvalue weighted by Gasteiger charge is -2.16. The Kier molecular flexibility index (Phi) is 3.54. The number of aryl methyl sites for hydroxylation is 3. The molecule has 2 aliphatic rings. The summed E-state index contributed by atoms with van der Waals surface area (Å²) in [6.07, 6.45) is 4.44. The fourth-order valence-corrected chi connectivity index (χ4v) is 3.49. The van der Waals surface area contributed by atoms with E-state index in [0.717, 1.165) is 42.9 Å². The second kappa shape index (κ2) is 5.61. The van der Waals surface area contributed by atoms with Crippen LogP contribution in [0, 0.1) is 6.92 Å². The number of amides is 1. The molecule has 1 saturated carbocycles. The number of nitrogens with one attached hydrogen (secondary N) is 2. The Balaban J connectivity index is 1.48. The van der Waals surface area contributed by atoms with Gasteiger partial charge in [0.2, 0.25) is 0 Å². The predicted octanol–water partition coefficient (Wildman–Crippen LogP) is 0.626. The predicted molar refractivity (Wildman–Crippen MR) is 87.0 cm³/mol. The first-order valence-electron chi connectivity index (χ1n) is 8.53. The molecule has 0 spiro atoms. The first-order valence-corrected chi connectivity index (χ1v) is 8.53. The number of carbonyl (C=O) groups is 1. The Morgan fingerprint density at radius 1 is 1.29 bits per heavy atom. The number of aromatic amines is 1.